The fourth-order valence-corrected chi connectivity index (χ4v) is 40.7. The Morgan fingerprint density at radius 2 is 0.696 bits per heavy atom. The first-order valence-corrected chi connectivity index (χ1v) is 60.1. The number of aldehydes is 1. The second-order valence-corrected chi connectivity index (χ2v) is 55.4. The van der Waals surface area contributed by atoms with E-state index in [9.17, 15) is 59.2 Å². The van der Waals surface area contributed by atoms with Gasteiger partial charge >= 0.3 is 25.5 Å². The van der Waals surface area contributed by atoms with E-state index in [2.05, 4.69) is 46.3 Å². The molecule has 21 fully saturated rings. The van der Waals surface area contributed by atoms with Crippen molar-refractivity contribution >= 4 is 37.6 Å². The number of aliphatic hydroxyl groups excluding tert-OH is 1. The Morgan fingerprint density at radius 1 is 0.362 bits per heavy atom. The first kappa shape index (κ1) is 110. The van der Waals surface area contributed by atoms with Crippen LogP contribution in [0.2, 0.25) is 0 Å². The zero-order chi connectivity index (χ0) is 98.9. The highest BCUT2D eigenvalue weighted by atomic mass is 31.2. The van der Waals surface area contributed by atoms with Crippen molar-refractivity contribution < 1.29 is 87.2 Å². The molecular weight excluding hydrogens is 1750 g/mol. The van der Waals surface area contributed by atoms with Crippen molar-refractivity contribution in [2.24, 2.45) is 193 Å². The SMILES string of the molecule is C1CCOC1.CCOC(=O)/C=C1\CC[C@H]2[C@@H]3CC[C@@H]4C[C@](C)(O)CC[C@@H]4[C@H]3CC[C@]12C.CCOC(=O)CP(=O)(OCC)OCC.CCOC(=O)C[C@H]1CC[C@H]2[C@@H]3CC[C@@H]4C[C@](C)(O)CC[C@@H]4[C@H]3CC[C@]12C.C[C@@]1(O)CC[C@H]2[C@H](CC[C@@H]3[C@@H]2CC[C@]2(C)C(=O)CC[C@@H]32)C1.C[C@@]1(O)CC[C@H]2[C@H](CC[C@@H]3[C@@H]2CC[C@]2(C)[C@@H](CC=O)CC[C@@H]32)C1.C[C@@]1(O)CC[C@H]2[C@H](CC[C@@H]3[C@@H]2CC[C@]2(C)[C@@H](CCO)CC[C@@H]32)C1. The van der Waals surface area contributed by atoms with E-state index < -0.39 is 41.6 Å². The van der Waals surface area contributed by atoms with Crippen LogP contribution in [-0.4, -0.2) is 148 Å². The first-order chi connectivity index (χ1) is 65.5. The van der Waals surface area contributed by atoms with Crippen molar-refractivity contribution in [2.45, 2.75) is 453 Å². The van der Waals surface area contributed by atoms with Crippen molar-refractivity contribution in [3.05, 3.63) is 11.6 Å². The second kappa shape index (κ2) is 45.4. The molecule has 20 saturated carbocycles. The molecule has 138 heavy (non-hydrogen) atoms. The average Bonchev–Trinajstić information content (AvgIpc) is 1.67. The number of ketones is 1. The van der Waals surface area contributed by atoms with E-state index in [0.717, 1.165) is 264 Å². The maximum Gasteiger partial charge on any atom is 0.341 e. The molecule has 0 radical (unpaired) electrons. The number of rotatable bonds is 16. The van der Waals surface area contributed by atoms with Crippen molar-refractivity contribution in [1.29, 1.82) is 0 Å². The lowest BCUT2D eigenvalue weighted by atomic mass is 9.49. The molecule has 19 heteroatoms. The molecule has 20 aliphatic carbocycles. The summed E-state index contributed by atoms with van der Waals surface area (Å²) < 4.78 is 41.6. The lowest BCUT2D eigenvalue weighted by Gasteiger charge is -2.57. The minimum Gasteiger partial charge on any atom is -0.466 e. The van der Waals surface area contributed by atoms with Crippen LogP contribution >= 0.6 is 7.60 Å². The highest BCUT2D eigenvalue weighted by molar-refractivity contribution is 7.54. The van der Waals surface area contributed by atoms with Crippen molar-refractivity contribution in [1.82, 2.24) is 0 Å². The predicted molar refractivity (Wildman–Crippen MR) is 545 cm³/mol. The fourth-order valence-electron chi connectivity index (χ4n) is 39.2. The highest BCUT2D eigenvalue weighted by Crippen LogP contribution is 2.72. The summed E-state index contributed by atoms with van der Waals surface area (Å²) >= 11 is 0. The molecule has 0 amide bonds. The van der Waals surface area contributed by atoms with Crippen molar-refractivity contribution in [3.63, 3.8) is 0 Å². The molecule has 0 spiro atoms. The molecule has 21 rings (SSSR count). The summed E-state index contributed by atoms with van der Waals surface area (Å²) in [7, 11) is -3.28. The van der Waals surface area contributed by atoms with Crippen molar-refractivity contribution in [3.8, 4) is 0 Å². The zero-order valence-electron chi connectivity index (χ0n) is 89.6. The topological polar surface area (TPSA) is 279 Å². The van der Waals surface area contributed by atoms with E-state index in [1.54, 1.807) is 20.8 Å². The molecule has 18 nitrogen and oxygen atoms in total. The zero-order valence-corrected chi connectivity index (χ0v) is 90.5. The number of carbonyl (C=O) groups excluding carboxylic acids is 5. The van der Waals surface area contributed by atoms with Crippen LogP contribution in [0.15, 0.2) is 11.6 Å². The molecule has 1 aliphatic heterocycles. The Labute approximate surface area is 836 Å². The normalized spacial score (nSPS) is 48.0. The van der Waals surface area contributed by atoms with Gasteiger partial charge in [0.25, 0.3) is 0 Å². The molecule has 38 atom stereocenters. The second-order valence-electron chi connectivity index (χ2n) is 53.3. The van der Waals surface area contributed by atoms with Gasteiger partial charge in [0, 0.05) is 50.6 Å². The minimum absolute atomic E-state index is 0.0136. The summed E-state index contributed by atoms with van der Waals surface area (Å²) in [5.41, 5.74) is 0.821. The van der Waals surface area contributed by atoms with Gasteiger partial charge in [-0.3, -0.25) is 18.9 Å². The van der Waals surface area contributed by atoms with E-state index in [-0.39, 0.29) is 48.8 Å². The van der Waals surface area contributed by atoms with Gasteiger partial charge < -0.3 is 63.4 Å². The van der Waals surface area contributed by atoms with Crippen LogP contribution in [0.5, 0.6) is 0 Å². The third kappa shape index (κ3) is 23.8. The number of carbonyl (C=O) groups is 5. The number of hydrogen-bond acceptors (Lipinski definition) is 18. The quantitative estimate of drug-likeness (QED) is 0.0275. The summed E-state index contributed by atoms with van der Waals surface area (Å²) in [6.45, 7) is 35.4. The summed E-state index contributed by atoms with van der Waals surface area (Å²) in [4.78, 5) is 58.6. The molecular formula is C119H199O18P. The molecule has 0 aromatic heterocycles. The molecule has 0 aromatic rings. The van der Waals surface area contributed by atoms with Crippen LogP contribution in [0, 0.1) is 193 Å². The Hall–Kier alpha value is -2.64. The van der Waals surface area contributed by atoms with Gasteiger partial charge in [0.05, 0.1) is 61.0 Å². The van der Waals surface area contributed by atoms with Gasteiger partial charge in [-0.05, 0) is 558 Å². The Kier molecular flexibility index (Phi) is 36.1. The number of esters is 3. The standard InChI is InChI=1S/C23H38O3.C23H36O3.C21H36O2.C21H34O2.C19H30O2.C8H17O5P.C4H8O/c2*1-4-26-21(24)13-16-6-8-20-19-7-5-15-14-22(2,25)11-9-17(15)18(19)10-12-23(16,20)3;2*1-20(23)10-7-16-14(13-20)3-5-18-17(16)8-11-21(2)15(9-12-22)4-6-19(18)21;1-18(21)9-7-13-12(11-18)3-4-15-14(13)8-10-19(2)16(15)5-6-17(19)20;1-4-11-8(9)7-14(10,12-5-2)13-6-3;1-2-4-5-3-1/h15-20,25H,4-14H2,1-3H3;13,15,17-20,25H,4-12,14H2,1-3H3;14-19,22-23H,3-13H2,1-2H3;12,14-19,23H,3-11,13H2,1-2H3;12-16,21H,3-11H2,1-2H3;4-7H2,1-3H3;1-4H2/b;16-13+;;;;;/t15-,16-,17+,18-,19-,20+,22-,23-;15-,17+,18-,19-,20+,22-,23-;2*14-,15-,16+,17-,18-,19+,20-,21-;12-,13+,14-,15-,16+,18-,19+;;/m11111../s1. The Morgan fingerprint density at radius 3 is 1.07 bits per heavy atom. The van der Waals surface area contributed by atoms with Gasteiger partial charge in [0.15, 0.2) is 0 Å². The summed E-state index contributed by atoms with van der Waals surface area (Å²) in [5.74, 6) is 22.7. The number of aliphatic hydroxyl groups is 6. The number of ether oxygens (including phenoxy) is 4. The highest BCUT2D eigenvalue weighted by Gasteiger charge is 2.64. The van der Waals surface area contributed by atoms with Crippen molar-refractivity contribution in [2.75, 3.05) is 59.0 Å². The van der Waals surface area contributed by atoms with Crippen LogP contribution in [-0.2, 0) is 56.5 Å². The van der Waals surface area contributed by atoms with Crippen LogP contribution in [0.25, 0.3) is 0 Å². The van der Waals surface area contributed by atoms with Crippen LogP contribution in [0.4, 0.5) is 0 Å². The maximum atomic E-state index is 12.3. The minimum atomic E-state index is -3.28. The molecule has 788 valence electrons. The van der Waals surface area contributed by atoms with Gasteiger partial charge in [-0.1, -0.05) is 40.2 Å². The molecule has 0 unspecified atom stereocenters. The molecule has 0 aromatic carbocycles. The maximum absolute atomic E-state index is 12.3. The Bertz CT molecular complexity index is 4070. The van der Waals surface area contributed by atoms with Crippen LogP contribution < -0.4 is 0 Å². The van der Waals surface area contributed by atoms with Gasteiger partial charge in [-0.2, -0.15) is 0 Å². The molecule has 1 saturated heterocycles. The van der Waals surface area contributed by atoms with E-state index >= 15 is 0 Å². The van der Waals surface area contributed by atoms with E-state index in [0.29, 0.717) is 66.0 Å². The van der Waals surface area contributed by atoms with Gasteiger partial charge in [-0.15, -0.1) is 0 Å². The van der Waals surface area contributed by atoms with E-state index in [1.165, 1.54) is 224 Å². The number of allylic oxidation sites excluding steroid dienone is 1. The lowest BCUT2D eigenvalue weighted by molar-refractivity contribution is -0.146. The monoisotopic (exact) mass is 1950 g/mol. The smallest absolute Gasteiger partial charge is 0.341 e. The molecule has 1 heterocycles. The summed E-state index contributed by atoms with van der Waals surface area (Å²) in [5, 5.41) is 61.8. The first-order valence-electron chi connectivity index (χ1n) is 58.4. The predicted octanol–water partition coefficient (Wildman–Crippen LogP) is 25.4. The number of fused-ring (bicyclic) bond motifs is 25. The number of Topliss-reactive ketones (excluding diaryl/α,β-unsaturated/α-hetero) is 1. The van der Waals surface area contributed by atoms with Gasteiger partial charge in [0.2, 0.25) is 0 Å². The third-order valence-corrected chi connectivity index (χ3v) is 47.5. The summed E-state index contributed by atoms with van der Waals surface area (Å²) in [6, 6.07) is 0. The lowest BCUT2D eigenvalue weighted by Crippen LogP contribution is -2.50. The average molecular weight is 1950 g/mol. The largest absolute Gasteiger partial charge is 0.466 e. The van der Waals surface area contributed by atoms with Gasteiger partial charge in [-0.25, -0.2) is 4.79 Å². The van der Waals surface area contributed by atoms with E-state index in [1.807, 2.05) is 47.6 Å². The molecule has 21 aliphatic rings. The van der Waals surface area contributed by atoms with Gasteiger partial charge in [0.1, 0.15) is 18.2 Å². The van der Waals surface area contributed by atoms with E-state index in [4.69, 9.17) is 23.3 Å². The molecule has 6 N–H and O–H groups in total. The molecule has 0 bridgehead atoms. The van der Waals surface area contributed by atoms with Crippen LogP contribution in [0.3, 0.4) is 0 Å². The summed E-state index contributed by atoms with van der Waals surface area (Å²) in [6.07, 6.45) is 62.8. The number of hydrogen-bond donors (Lipinski definition) is 6. The van der Waals surface area contributed by atoms with Crippen LogP contribution in [0.1, 0.15) is 425 Å². The Balaban J connectivity index is 0.000000125. The fraction of sp³-hybridized carbons (Fsp3) is 0.941. The third-order valence-electron chi connectivity index (χ3n) is 45.6.